The average molecular weight is 419 g/mol. The van der Waals surface area contributed by atoms with Gasteiger partial charge < -0.3 is 19.7 Å². The largest absolute Gasteiger partial charge is 0.382 e. The second-order valence-electron chi connectivity index (χ2n) is 7.14. The van der Waals surface area contributed by atoms with E-state index >= 15 is 0 Å². The Kier molecular flexibility index (Phi) is 23.4. The van der Waals surface area contributed by atoms with E-state index in [4.69, 9.17) is 0 Å². The van der Waals surface area contributed by atoms with Crippen LogP contribution in [-0.4, -0.2) is 72.6 Å². The van der Waals surface area contributed by atoms with E-state index < -0.39 is 5.60 Å². The molecule has 1 atom stereocenters. The Morgan fingerprint density at radius 2 is 1.28 bits per heavy atom. The molecule has 7 heteroatoms. The van der Waals surface area contributed by atoms with E-state index in [-0.39, 0.29) is 32.5 Å². The number of hydrogen-bond acceptors (Lipinski definition) is 5. The molecular weight excluding hydrogens is 372 g/mol. The van der Waals surface area contributed by atoms with Crippen LogP contribution >= 0.6 is 0 Å². The summed E-state index contributed by atoms with van der Waals surface area (Å²) in [7, 11) is 6.92. The summed E-state index contributed by atoms with van der Waals surface area (Å²) in [5, 5.41) is 9.93. The van der Waals surface area contributed by atoms with Gasteiger partial charge in [0.1, 0.15) is 11.9 Å². The molecule has 1 unspecified atom stereocenters. The molecule has 0 aromatic heterocycles. The Morgan fingerprint density at radius 1 is 0.862 bits per heavy atom. The fraction of sp³-hybridized carbons (Fsp3) is 0.818. The van der Waals surface area contributed by atoms with Crippen molar-refractivity contribution in [2.75, 3.05) is 28.2 Å². The summed E-state index contributed by atoms with van der Waals surface area (Å²) < 4.78 is 0. The van der Waals surface area contributed by atoms with Crippen LogP contribution in [0.25, 0.3) is 0 Å². The van der Waals surface area contributed by atoms with Crippen molar-refractivity contribution >= 4 is 23.9 Å². The zero-order valence-electron chi connectivity index (χ0n) is 17.9. The topological polar surface area (TPSA) is 95.0 Å². The van der Waals surface area contributed by atoms with Crippen molar-refractivity contribution in [3.8, 4) is 0 Å². The number of unbranched alkanes of at least 4 members (excludes halogenated alkanes) is 3. The third kappa shape index (κ3) is 18.0. The molecule has 0 aliphatic heterocycles. The lowest BCUT2D eigenvalue weighted by atomic mass is 9.90. The Balaban J connectivity index is -0.000000214. The van der Waals surface area contributed by atoms with Crippen molar-refractivity contribution in [2.24, 2.45) is 0 Å². The Labute approximate surface area is 178 Å². The molecular formula is C22H46N2O5. The summed E-state index contributed by atoms with van der Waals surface area (Å²) in [5.41, 5.74) is -1.19. The first-order valence-electron chi connectivity index (χ1n) is 9.59. The van der Waals surface area contributed by atoms with E-state index in [1.165, 1.54) is 6.92 Å². The maximum absolute atomic E-state index is 11.3. The van der Waals surface area contributed by atoms with Gasteiger partial charge in [0.05, 0.1) is 0 Å². The van der Waals surface area contributed by atoms with Gasteiger partial charge in [-0.3, -0.25) is 14.4 Å². The molecule has 0 radical (unpaired) electrons. The van der Waals surface area contributed by atoms with Crippen LogP contribution in [0.15, 0.2) is 0 Å². The number of ketones is 1. The molecule has 0 saturated carbocycles. The number of nitrogens with zero attached hydrogens (tertiary/aromatic N) is 2. The van der Waals surface area contributed by atoms with Gasteiger partial charge in [-0.2, -0.15) is 0 Å². The number of aliphatic hydroxyl groups is 1. The minimum atomic E-state index is -1.19. The molecule has 0 aromatic rings. The van der Waals surface area contributed by atoms with Crippen molar-refractivity contribution in [3.63, 3.8) is 0 Å². The van der Waals surface area contributed by atoms with Gasteiger partial charge >= 0.3 is 0 Å². The number of hydrogen-bond donors (Lipinski definition) is 1. The van der Waals surface area contributed by atoms with Gasteiger partial charge in [0.15, 0.2) is 5.78 Å². The summed E-state index contributed by atoms with van der Waals surface area (Å²) in [5.74, 6) is 0.0349. The first-order chi connectivity index (χ1) is 12.5. The highest BCUT2D eigenvalue weighted by Crippen LogP contribution is 2.20. The lowest BCUT2D eigenvalue weighted by molar-refractivity contribution is -0.136. The zero-order chi connectivity index (χ0) is 21.5. The summed E-state index contributed by atoms with van der Waals surface area (Å²) in [4.78, 5) is 46.4. The summed E-state index contributed by atoms with van der Waals surface area (Å²) in [6.07, 6.45) is 6.42. The number of amides is 2. The zero-order valence-corrected chi connectivity index (χ0v) is 17.9. The average Bonchev–Trinajstić information content (AvgIpc) is 2.61. The first kappa shape index (κ1) is 34.7. The van der Waals surface area contributed by atoms with Crippen molar-refractivity contribution in [1.29, 1.82) is 0 Å². The fourth-order valence-corrected chi connectivity index (χ4v) is 2.25. The second kappa shape index (κ2) is 19.6. The molecule has 0 bridgehead atoms. The number of aldehydes is 1. The molecule has 29 heavy (non-hydrogen) atoms. The van der Waals surface area contributed by atoms with Gasteiger partial charge in [0, 0.05) is 47.5 Å². The highest BCUT2D eigenvalue weighted by atomic mass is 16.3. The van der Waals surface area contributed by atoms with E-state index in [9.17, 15) is 24.3 Å². The van der Waals surface area contributed by atoms with E-state index in [1.807, 2.05) is 0 Å². The number of carbonyl (C=O) groups excluding carboxylic acids is 4. The molecule has 0 heterocycles. The van der Waals surface area contributed by atoms with Gasteiger partial charge in [0.25, 0.3) is 0 Å². The molecule has 174 valence electrons. The third-order valence-electron chi connectivity index (χ3n) is 4.43. The molecule has 1 N–H and O–H groups in total. The van der Waals surface area contributed by atoms with Gasteiger partial charge in [-0.05, 0) is 45.4 Å². The highest BCUT2D eigenvalue weighted by molar-refractivity contribution is 5.84. The van der Waals surface area contributed by atoms with Crippen molar-refractivity contribution < 1.29 is 24.3 Å². The van der Waals surface area contributed by atoms with E-state index in [2.05, 4.69) is 0 Å². The minimum absolute atomic E-state index is 0. The smallest absolute Gasteiger partial charge is 0.222 e. The number of carbonyl (C=O) groups is 4. The van der Waals surface area contributed by atoms with Crippen molar-refractivity contribution in [3.05, 3.63) is 0 Å². The maximum atomic E-state index is 11.3. The quantitative estimate of drug-likeness (QED) is 0.387. The molecule has 2 amide bonds. The Hall–Kier alpha value is -1.76. The van der Waals surface area contributed by atoms with Gasteiger partial charge in [0.2, 0.25) is 11.8 Å². The van der Waals surface area contributed by atoms with Crippen LogP contribution in [0.4, 0.5) is 0 Å². The summed E-state index contributed by atoms with van der Waals surface area (Å²) in [6.45, 7) is 3.21. The lowest BCUT2D eigenvalue weighted by Crippen LogP contribution is -2.36. The SMILES string of the molecule is C.C.CCC(O)(CCCCC(=O)N(C)C)C(C)=O.CN(C)C(=O)CCCCC=O. The Morgan fingerprint density at radius 3 is 1.59 bits per heavy atom. The molecule has 0 saturated heterocycles. The summed E-state index contributed by atoms with van der Waals surface area (Å²) >= 11 is 0. The highest BCUT2D eigenvalue weighted by Gasteiger charge is 2.29. The third-order valence-corrected chi connectivity index (χ3v) is 4.43. The molecule has 0 aromatic carbocycles. The van der Waals surface area contributed by atoms with Crippen LogP contribution < -0.4 is 0 Å². The minimum Gasteiger partial charge on any atom is -0.382 e. The molecule has 0 aliphatic rings. The lowest BCUT2D eigenvalue weighted by Gasteiger charge is -2.23. The predicted molar refractivity (Wildman–Crippen MR) is 120 cm³/mol. The van der Waals surface area contributed by atoms with Gasteiger partial charge in [-0.15, -0.1) is 0 Å². The van der Waals surface area contributed by atoms with Crippen molar-refractivity contribution in [1.82, 2.24) is 9.80 Å². The molecule has 0 rings (SSSR count). The van der Waals surface area contributed by atoms with Crippen LogP contribution in [0.1, 0.15) is 86.5 Å². The molecule has 0 spiro atoms. The van der Waals surface area contributed by atoms with E-state index in [1.54, 1.807) is 44.9 Å². The first-order valence-corrected chi connectivity index (χ1v) is 9.59. The van der Waals surface area contributed by atoms with E-state index in [0.29, 0.717) is 44.9 Å². The molecule has 0 aliphatic carbocycles. The predicted octanol–water partition coefficient (Wildman–Crippen LogP) is 3.47. The van der Waals surface area contributed by atoms with Crippen LogP contribution in [0.5, 0.6) is 0 Å². The second-order valence-corrected chi connectivity index (χ2v) is 7.14. The van der Waals surface area contributed by atoms with Gasteiger partial charge in [-0.1, -0.05) is 21.8 Å². The Bertz CT molecular complexity index is 464. The van der Waals surface area contributed by atoms with Crippen LogP contribution in [-0.2, 0) is 19.2 Å². The maximum Gasteiger partial charge on any atom is 0.222 e. The molecule has 0 fully saturated rings. The van der Waals surface area contributed by atoms with Gasteiger partial charge in [-0.25, -0.2) is 0 Å². The van der Waals surface area contributed by atoms with E-state index in [0.717, 1.165) is 19.1 Å². The van der Waals surface area contributed by atoms with Crippen LogP contribution in [0, 0.1) is 0 Å². The normalized spacial score (nSPS) is 11.4. The standard InChI is InChI=1S/C12H23NO3.C8H15NO2.2CH4/c1-5-12(16,10(2)14)9-7-6-8-11(15)13(3)4;1-9(2)8(11)6-4-3-5-7-10;;/h16H,5-9H2,1-4H3;7H,3-6H2,1-2H3;2*1H4. The molecule has 7 nitrogen and oxygen atoms in total. The van der Waals surface area contributed by atoms with Crippen LogP contribution in [0.2, 0.25) is 0 Å². The fourth-order valence-electron chi connectivity index (χ4n) is 2.25. The monoisotopic (exact) mass is 418 g/mol. The number of Topliss-reactive ketones (excluding diaryl/α,β-unsaturated/α-hetero) is 1. The number of rotatable bonds is 12. The summed E-state index contributed by atoms with van der Waals surface area (Å²) in [6, 6.07) is 0. The van der Waals surface area contributed by atoms with Crippen molar-refractivity contribution in [2.45, 2.75) is 92.1 Å². The van der Waals surface area contributed by atoms with Crippen LogP contribution in [0.3, 0.4) is 0 Å².